The van der Waals surface area contributed by atoms with Gasteiger partial charge in [0.05, 0.1) is 16.2 Å². The highest BCUT2D eigenvalue weighted by molar-refractivity contribution is 6.42. The smallest absolute Gasteiger partial charge is 0.249 e. The molecule has 0 atom stereocenters. The van der Waals surface area contributed by atoms with E-state index in [9.17, 15) is 0 Å². The first-order valence-corrected chi connectivity index (χ1v) is 7.65. The fourth-order valence-electron chi connectivity index (χ4n) is 2.33. The van der Waals surface area contributed by atoms with Crippen LogP contribution in [-0.4, -0.2) is 28.3 Å². The van der Waals surface area contributed by atoms with Gasteiger partial charge in [0.2, 0.25) is 5.95 Å². The summed E-state index contributed by atoms with van der Waals surface area (Å²) < 4.78 is 0. The molecule has 1 saturated heterocycles. The van der Waals surface area contributed by atoms with E-state index in [0.717, 1.165) is 24.6 Å². The van der Waals surface area contributed by atoms with Crippen molar-refractivity contribution >= 4 is 40.7 Å². The molecule has 1 aromatic heterocycles. The topological polar surface area (TPSA) is 53.9 Å². The number of nitrogens with one attached hydrogen (secondary N) is 1. The Morgan fingerprint density at radius 1 is 1.05 bits per heavy atom. The molecule has 0 radical (unpaired) electrons. The minimum absolute atomic E-state index is 0.455. The standard InChI is InChI=1S/C14H15Cl2N5/c15-11-5-4-10(8-12(11)16)18-14-19-13(9-17-20-14)21-6-2-1-3-7-21/h4-5,8-9H,1-3,6-7H2,(H,18,19,20). The molecule has 1 fully saturated rings. The number of aromatic nitrogens is 3. The lowest BCUT2D eigenvalue weighted by molar-refractivity contribution is 0.572. The second kappa shape index (κ2) is 6.45. The lowest BCUT2D eigenvalue weighted by Crippen LogP contribution is -2.30. The van der Waals surface area contributed by atoms with Gasteiger partial charge in [0.15, 0.2) is 5.82 Å². The highest BCUT2D eigenvalue weighted by atomic mass is 35.5. The van der Waals surface area contributed by atoms with Gasteiger partial charge in [-0.2, -0.15) is 10.1 Å². The minimum Gasteiger partial charge on any atom is -0.355 e. The molecule has 3 rings (SSSR count). The summed E-state index contributed by atoms with van der Waals surface area (Å²) in [6.07, 6.45) is 5.37. The number of anilines is 3. The molecule has 110 valence electrons. The molecule has 0 saturated carbocycles. The molecule has 1 N–H and O–H groups in total. The molecule has 0 bridgehead atoms. The van der Waals surface area contributed by atoms with Gasteiger partial charge in [-0.1, -0.05) is 23.2 Å². The van der Waals surface area contributed by atoms with E-state index in [1.54, 1.807) is 18.3 Å². The molecule has 1 aliphatic heterocycles. The number of hydrogen-bond donors (Lipinski definition) is 1. The van der Waals surface area contributed by atoms with Crippen LogP contribution in [0.3, 0.4) is 0 Å². The average Bonchev–Trinajstić information content (AvgIpc) is 2.52. The van der Waals surface area contributed by atoms with E-state index in [2.05, 4.69) is 25.4 Å². The first kappa shape index (κ1) is 14.4. The molecule has 0 aliphatic carbocycles. The van der Waals surface area contributed by atoms with Gasteiger partial charge in [-0.3, -0.25) is 0 Å². The van der Waals surface area contributed by atoms with Gasteiger partial charge in [-0.25, -0.2) is 0 Å². The third-order valence-electron chi connectivity index (χ3n) is 3.40. The Bertz CT molecular complexity index is 629. The van der Waals surface area contributed by atoms with Crippen molar-refractivity contribution in [2.24, 2.45) is 0 Å². The highest BCUT2D eigenvalue weighted by Gasteiger charge is 2.13. The van der Waals surface area contributed by atoms with Gasteiger partial charge < -0.3 is 10.2 Å². The molecule has 2 heterocycles. The maximum Gasteiger partial charge on any atom is 0.249 e. The Morgan fingerprint density at radius 3 is 2.62 bits per heavy atom. The van der Waals surface area contributed by atoms with E-state index in [1.165, 1.54) is 19.3 Å². The minimum atomic E-state index is 0.455. The molecule has 2 aromatic rings. The summed E-state index contributed by atoms with van der Waals surface area (Å²) in [5.74, 6) is 1.31. The summed E-state index contributed by atoms with van der Waals surface area (Å²) in [6.45, 7) is 2.04. The largest absolute Gasteiger partial charge is 0.355 e. The number of hydrogen-bond acceptors (Lipinski definition) is 5. The fraction of sp³-hybridized carbons (Fsp3) is 0.357. The van der Waals surface area contributed by atoms with E-state index < -0.39 is 0 Å². The van der Waals surface area contributed by atoms with Crippen molar-refractivity contribution in [1.82, 2.24) is 15.2 Å². The second-order valence-electron chi connectivity index (χ2n) is 4.94. The lowest BCUT2D eigenvalue weighted by atomic mass is 10.1. The van der Waals surface area contributed by atoms with E-state index in [1.807, 2.05) is 6.07 Å². The monoisotopic (exact) mass is 323 g/mol. The van der Waals surface area contributed by atoms with Crippen molar-refractivity contribution in [3.05, 3.63) is 34.4 Å². The fourth-order valence-corrected chi connectivity index (χ4v) is 2.62. The number of benzene rings is 1. The summed E-state index contributed by atoms with van der Waals surface area (Å²) in [6, 6.07) is 5.29. The Labute approximate surface area is 133 Å². The van der Waals surface area contributed by atoms with Crippen molar-refractivity contribution in [3.63, 3.8) is 0 Å². The average molecular weight is 324 g/mol. The molecule has 5 nitrogen and oxygen atoms in total. The maximum atomic E-state index is 6.00. The molecule has 0 spiro atoms. The van der Waals surface area contributed by atoms with Crippen LogP contribution in [0.5, 0.6) is 0 Å². The van der Waals surface area contributed by atoms with Crippen LogP contribution >= 0.6 is 23.2 Å². The van der Waals surface area contributed by atoms with Crippen LogP contribution in [0.4, 0.5) is 17.5 Å². The summed E-state index contributed by atoms with van der Waals surface area (Å²) in [5.41, 5.74) is 0.780. The Morgan fingerprint density at radius 2 is 1.86 bits per heavy atom. The molecule has 1 aromatic carbocycles. The predicted molar refractivity (Wildman–Crippen MR) is 85.6 cm³/mol. The quantitative estimate of drug-likeness (QED) is 0.927. The van der Waals surface area contributed by atoms with Crippen LogP contribution in [-0.2, 0) is 0 Å². The lowest BCUT2D eigenvalue weighted by Gasteiger charge is -2.27. The van der Waals surface area contributed by atoms with E-state index in [0.29, 0.717) is 16.0 Å². The Balaban J connectivity index is 1.77. The summed E-state index contributed by atoms with van der Waals surface area (Å²) >= 11 is 11.9. The Hall–Kier alpha value is -1.59. The van der Waals surface area contributed by atoms with Gasteiger partial charge in [0.1, 0.15) is 0 Å². The van der Waals surface area contributed by atoms with E-state index in [4.69, 9.17) is 23.2 Å². The molecule has 1 aliphatic rings. The number of rotatable bonds is 3. The molecule has 7 heteroatoms. The van der Waals surface area contributed by atoms with Crippen LogP contribution in [0.15, 0.2) is 24.4 Å². The third-order valence-corrected chi connectivity index (χ3v) is 4.14. The van der Waals surface area contributed by atoms with Crippen molar-refractivity contribution in [1.29, 1.82) is 0 Å². The van der Waals surface area contributed by atoms with Gasteiger partial charge >= 0.3 is 0 Å². The van der Waals surface area contributed by atoms with Gasteiger partial charge in [0.25, 0.3) is 0 Å². The third kappa shape index (κ3) is 3.54. The highest BCUT2D eigenvalue weighted by Crippen LogP contribution is 2.26. The zero-order chi connectivity index (χ0) is 14.7. The summed E-state index contributed by atoms with van der Waals surface area (Å²) in [7, 11) is 0. The second-order valence-corrected chi connectivity index (χ2v) is 5.75. The van der Waals surface area contributed by atoms with Crippen molar-refractivity contribution in [2.45, 2.75) is 19.3 Å². The van der Waals surface area contributed by atoms with E-state index in [-0.39, 0.29) is 0 Å². The Kier molecular flexibility index (Phi) is 4.41. The van der Waals surface area contributed by atoms with Crippen LogP contribution < -0.4 is 10.2 Å². The number of nitrogens with zero attached hydrogens (tertiary/aromatic N) is 4. The number of piperidine rings is 1. The molecule has 21 heavy (non-hydrogen) atoms. The zero-order valence-electron chi connectivity index (χ0n) is 11.4. The van der Waals surface area contributed by atoms with Crippen LogP contribution in [0.2, 0.25) is 10.0 Å². The summed E-state index contributed by atoms with van der Waals surface area (Å²) in [5, 5.41) is 12.1. The molecular weight excluding hydrogens is 309 g/mol. The summed E-state index contributed by atoms with van der Waals surface area (Å²) in [4.78, 5) is 6.74. The van der Waals surface area contributed by atoms with Crippen LogP contribution in [0, 0.1) is 0 Å². The molecular formula is C14H15Cl2N5. The van der Waals surface area contributed by atoms with Crippen LogP contribution in [0.25, 0.3) is 0 Å². The van der Waals surface area contributed by atoms with Crippen molar-refractivity contribution < 1.29 is 0 Å². The maximum absolute atomic E-state index is 6.00. The molecule has 0 amide bonds. The van der Waals surface area contributed by atoms with Gasteiger partial charge in [0, 0.05) is 18.8 Å². The van der Waals surface area contributed by atoms with Crippen LogP contribution in [0.1, 0.15) is 19.3 Å². The predicted octanol–water partition coefficient (Wildman–Crippen LogP) is 3.91. The van der Waals surface area contributed by atoms with Crippen molar-refractivity contribution in [2.75, 3.05) is 23.3 Å². The first-order chi connectivity index (χ1) is 10.2. The van der Waals surface area contributed by atoms with E-state index >= 15 is 0 Å². The van der Waals surface area contributed by atoms with Gasteiger partial charge in [-0.05, 0) is 37.5 Å². The number of halogens is 2. The van der Waals surface area contributed by atoms with Crippen molar-refractivity contribution in [3.8, 4) is 0 Å². The zero-order valence-corrected chi connectivity index (χ0v) is 12.9. The molecule has 0 unspecified atom stereocenters. The normalized spacial score (nSPS) is 15.0. The SMILES string of the molecule is Clc1ccc(Nc2nncc(N3CCCCC3)n2)cc1Cl. The van der Waals surface area contributed by atoms with Gasteiger partial charge in [-0.15, -0.1) is 5.10 Å². The first-order valence-electron chi connectivity index (χ1n) is 6.89.